The summed E-state index contributed by atoms with van der Waals surface area (Å²) in [5.41, 5.74) is 2.57. The number of benzene rings is 3. The maximum Gasteiger partial charge on any atom is 0.258 e. The van der Waals surface area contributed by atoms with Gasteiger partial charge in [0.25, 0.3) is 11.8 Å². The van der Waals surface area contributed by atoms with Gasteiger partial charge in [0.2, 0.25) is 0 Å². The number of fused-ring (bicyclic) bond motifs is 1. The van der Waals surface area contributed by atoms with Gasteiger partial charge in [0.15, 0.2) is 0 Å². The second kappa shape index (κ2) is 11.8. The van der Waals surface area contributed by atoms with E-state index in [-0.39, 0.29) is 28.4 Å². The van der Waals surface area contributed by atoms with Crippen LogP contribution in [0.1, 0.15) is 38.7 Å². The lowest BCUT2D eigenvalue weighted by atomic mass is 10.0. The molecule has 5 rings (SSSR count). The maximum absolute atomic E-state index is 14.3. The van der Waals surface area contributed by atoms with E-state index >= 15 is 0 Å². The third-order valence-corrected chi connectivity index (χ3v) is 8.21. The molecule has 1 N–H and O–H groups in total. The summed E-state index contributed by atoms with van der Waals surface area (Å²) in [6, 6.07) is 21.9. The predicted octanol–water partition coefficient (Wildman–Crippen LogP) is 5.11. The standard InChI is InChI=1S/C31H34ClFN4O2/c1-35(2)28-14-7-6-11-24(28)30(38)34-27(21-9-4-3-5-10-21)15-16-36-17-22-19-37(20-23(22)18-36)31(39)29-25(32)12-8-13-26(29)33/h3-14,22-23,27H,15-20H2,1-2H3,(H,34,38)/t22-,23?,27?/m0/s1. The highest BCUT2D eigenvalue weighted by Gasteiger charge is 2.42. The van der Waals surface area contributed by atoms with Crippen LogP contribution in [0.2, 0.25) is 5.02 Å². The number of halogens is 2. The van der Waals surface area contributed by atoms with Crippen LogP contribution in [0.25, 0.3) is 0 Å². The first kappa shape index (κ1) is 27.2. The summed E-state index contributed by atoms with van der Waals surface area (Å²) in [7, 11) is 3.87. The van der Waals surface area contributed by atoms with Crippen LogP contribution < -0.4 is 10.2 Å². The molecule has 0 aliphatic carbocycles. The number of likely N-dealkylation sites (tertiary alicyclic amines) is 2. The average molecular weight is 549 g/mol. The fourth-order valence-corrected chi connectivity index (χ4v) is 6.15. The summed E-state index contributed by atoms with van der Waals surface area (Å²) in [4.78, 5) is 32.5. The summed E-state index contributed by atoms with van der Waals surface area (Å²) in [5, 5.41) is 3.43. The first-order chi connectivity index (χ1) is 18.8. The lowest BCUT2D eigenvalue weighted by molar-refractivity contribution is 0.0769. The lowest BCUT2D eigenvalue weighted by Gasteiger charge is -2.25. The largest absolute Gasteiger partial charge is 0.377 e. The van der Waals surface area contributed by atoms with Crippen LogP contribution >= 0.6 is 11.6 Å². The van der Waals surface area contributed by atoms with Crippen molar-refractivity contribution < 1.29 is 14.0 Å². The minimum Gasteiger partial charge on any atom is -0.377 e. The molecule has 3 aromatic carbocycles. The SMILES string of the molecule is CN(C)c1ccccc1C(=O)NC(CCN1CC2CN(C(=O)c3c(F)cccc3Cl)C[C@@H]2C1)c1ccccc1. The molecule has 2 amide bonds. The molecule has 39 heavy (non-hydrogen) atoms. The molecule has 8 heteroatoms. The molecule has 0 spiro atoms. The summed E-state index contributed by atoms with van der Waals surface area (Å²) in [6.07, 6.45) is 0.771. The van der Waals surface area contributed by atoms with E-state index in [1.165, 1.54) is 12.1 Å². The molecule has 3 atom stereocenters. The van der Waals surface area contributed by atoms with Crippen molar-refractivity contribution in [2.24, 2.45) is 11.8 Å². The Labute approximate surface area is 234 Å². The van der Waals surface area contributed by atoms with E-state index in [1.807, 2.05) is 61.5 Å². The van der Waals surface area contributed by atoms with Crippen LogP contribution in [0.5, 0.6) is 0 Å². The van der Waals surface area contributed by atoms with Crippen LogP contribution in [-0.2, 0) is 0 Å². The van der Waals surface area contributed by atoms with Crippen LogP contribution in [0.3, 0.4) is 0 Å². The third kappa shape index (κ3) is 5.94. The molecule has 2 unspecified atom stereocenters. The second-order valence-corrected chi connectivity index (χ2v) is 11.1. The molecule has 3 aromatic rings. The highest BCUT2D eigenvalue weighted by molar-refractivity contribution is 6.33. The Morgan fingerprint density at radius 2 is 1.62 bits per heavy atom. The first-order valence-electron chi connectivity index (χ1n) is 13.4. The molecule has 2 aliphatic rings. The lowest BCUT2D eigenvalue weighted by Crippen LogP contribution is -2.36. The van der Waals surface area contributed by atoms with E-state index in [0.717, 1.165) is 37.3 Å². The zero-order valence-corrected chi connectivity index (χ0v) is 23.1. The van der Waals surface area contributed by atoms with Crippen LogP contribution in [0.15, 0.2) is 72.8 Å². The van der Waals surface area contributed by atoms with Crippen molar-refractivity contribution >= 4 is 29.1 Å². The van der Waals surface area contributed by atoms with Gasteiger partial charge in [-0.1, -0.05) is 60.1 Å². The highest BCUT2D eigenvalue weighted by atomic mass is 35.5. The topological polar surface area (TPSA) is 55.9 Å². The van der Waals surface area contributed by atoms with Gasteiger partial charge in [0.1, 0.15) is 5.82 Å². The number of para-hydroxylation sites is 1. The zero-order valence-electron chi connectivity index (χ0n) is 22.3. The molecule has 2 aliphatic heterocycles. The van der Waals surface area contributed by atoms with Crippen LogP contribution in [0, 0.1) is 17.7 Å². The molecule has 0 saturated carbocycles. The third-order valence-electron chi connectivity index (χ3n) is 7.90. The van der Waals surface area contributed by atoms with E-state index < -0.39 is 5.82 Å². The Balaban J connectivity index is 1.21. The number of anilines is 1. The molecule has 2 heterocycles. The smallest absolute Gasteiger partial charge is 0.258 e. The van der Waals surface area contributed by atoms with Crippen molar-refractivity contribution in [3.63, 3.8) is 0 Å². The van der Waals surface area contributed by atoms with Gasteiger partial charge in [-0.25, -0.2) is 4.39 Å². The summed E-state index contributed by atoms with van der Waals surface area (Å²) in [5.74, 6) is -0.308. The Kier molecular flexibility index (Phi) is 8.19. The van der Waals surface area contributed by atoms with Gasteiger partial charge in [-0.3, -0.25) is 9.59 Å². The summed E-state index contributed by atoms with van der Waals surface area (Å²) in [6.45, 7) is 3.78. The number of amides is 2. The molecular weight excluding hydrogens is 515 g/mol. The Bertz CT molecular complexity index is 1300. The van der Waals surface area contributed by atoms with Gasteiger partial charge in [-0.15, -0.1) is 0 Å². The van der Waals surface area contributed by atoms with Gasteiger partial charge in [0.05, 0.1) is 22.2 Å². The minimum absolute atomic E-state index is 0.0340. The molecule has 0 aromatic heterocycles. The molecule has 2 saturated heterocycles. The van der Waals surface area contributed by atoms with E-state index in [2.05, 4.69) is 22.3 Å². The van der Waals surface area contributed by atoms with Gasteiger partial charge in [-0.05, 0) is 48.1 Å². The fraction of sp³-hybridized carbons (Fsp3) is 0.355. The van der Waals surface area contributed by atoms with Crippen LogP contribution in [0.4, 0.5) is 10.1 Å². The van der Waals surface area contributed by atoms with Gasteiger partial charge in [-0.2, -0.15) is 0 Å². The van der Waals surface area contributed by atoms with E-state index in [0.29, 0.717) is 30.5 Å². The van der Waals surface area contributed by atoms with Gasteiger partial charge in [0, 0.05) is 52.5 Å². The number of hydrogen-bond acceptors (Lipinski definition) is 4. The molecule has 0 bridgehead atoms. The van der Waals surface area contributed by atoms with E-state index in [1.54, 1.807) is 11.0 Å². The summed E-state index contributed by atoms with van der Waals surface area (Å²) >= 11 is 6.14. The van der Waals surface area contributed by atoms with E-state index in [9.17, 15) is 14.0 Å². The van der Waals surface area contributed by atoms with Gasteiger partial charge >= 0.3 is 0 Å². The predicted molar refractivity (Wildman–Crippen MR) is 153 cm³/mol. The monoisotopic (exact) mass is 548 g/mol. The van der Waals surface area contributed by atoms with E-state index in [4.69, 9.17) is 11.6 Å². The molecular formula is C31H34ClFN4O2. The first-order valence-corrected chi connectivity index (χ1v) is 13.8. The number of hydrogen-bond donors (Lipinski definition) is 1. The van der Waals surface area contributed by atoms with Crippen LogP contribution in [-0.4, -0.2) is 68.4 Å². The average Bonchev–Trinajstić information content (AvgIpc) is 3.50. The molecule has 6 nitrogen and oxygen atoms in total. The van der Waals surface area contributed by atoms with Gasteiger partial charge < -0.3 is 20.0 Å². The fourth-order valence-electron chi connectivity index (χ4n) is 5.91. The quantitative estimate of drug-likeness (QED) is 0.425. The van der Waals surface area contributed by atoms with Crippen molar-refractivity contribution in [2.45, 2.75) is 12.5 Å². The number of nitrogens with one attached hydrogen (secondary N) is 1. The zero-order chi connectivity index (χ0) is 27.5. The minimum atomic E-state index is -0.576. The normalized spacial score (nSPS) is 19.5. The number of rotatable bonds is 8. The molecule has 2 fully saturated rings. The van der Waals surface area contributed by atoms with Crippen molar-refractivity contribution in [3.8, 4) is 0 Å². The number of carbonyl (C=O) groups excluding carboxylic acids is 2. The number of carbonyl (C=O) groups is 2. The molecule has 204 valence electrons. The van der Waals surface area contributed by atoms with Crippen molar-refractivity contribution in [1.82, 2.24) is 15.1 Å². The Morgan fingerprint density at radius 3 is 2.28 bits per heavy atom. The number of nitrogens with zero attached hydrogens (tertiary/aromatic N) is 3. The Hall–Kier alpha value is -3.42. The maximum atomic E-state index is 14.3. The van der Waals surface area contributed by atoms with Crippen molar-refractivity contribution in [2.75, 3.05) is 51.7 Å². The van der Waals surface area contributed by atoms with Crippen molar-refractivity contribution in [3.05, 3.63) is 100 Å². The van der Waals surface area contributed by atoms with Crippen molar-refractivity contribution in [1.29, 1.82) is 0 Å². The molecule has 0 radical (unpaired) electrons. The highest BCUT2D eigenvalue weighted by Crippen LogP contribution is 2.34. The second-order valence-electron chi connectivity index (χ2n) is 10.7. The Morgan fingerprint density at radius 1 is 0.949 bits per heavy atom. The summed E-state index contributed by atoms with van der Waals surface area (Å²) < 4.78 is 14.3.